The standard InChI is InChI=1S/C32H30FN3O5S/c1-3-5-15-40-29-19-26-28(18-25(29)21-7-6-8-23(17-21)41-42(33,38)39)36(22-11-13-34-14-12-22)32-30(31(26)37)24-10-9-20(4-2)16-27(24)35-32/h2,6-10,16-19,22,34-35H,3,5,11-15H2,1H3. The van der Waals surface area contributed by atoms with Gasteiger partial charge in [-0.1, -0.05) is 41.3 Å². The fourth-order valence-corrected chi connectivity index (χ4v) is 6.17. The molecule has 2 N–H and O–H groups in total. The number of nitrogens with zero attached hydrogens (tertiary/aromatic N) is 1. The number of hydrogen-bond acceptors (Lipinski definition) is 6. The Morgan fingerprint density at radius 3 is 2.64 bits per heavy atom. The number of unbranched alkanes of at least 4 members (excludes halogenated alkanes) is 1. The first-order valence-electron chi connectivity index (χ1n) is 14.0. The van der Waals surface area contributed by atoms with Crippen LogP contribution < -0.4 is 19.7 Å². The van der Waals surface area contributed by atoms with Gasteiger partial charge in [-0.15, -0.1) is 6.42 Å². The predicted octanol–water partition coefficient (Wildman–Crippen LogP) is 5.98. The van der Waals surface area contributed by atoms with Crippen molar-refractivity contribution in [2.24, 2.45) is 0 Å². The highest BCUT2D eigenvalue weighted by Gasteiger charge is 2.25. The van der Waals surface area contributed by atoms with Gasteiger partial charge in [-0.05, 0) is 74.3 Å². The monoisotopic (exact) mass is 587 g/mol. The van der Waals surface area contributed by atoms with Crippen molar-refractivity contribution in [1.29, 1.82) is 0 Å². The van der Waals surface area contributed by atoms with Crippen molar-refractivity contribution in [2.75, 3.05) is 19.7 Å². The summed E-state index contributed by atoms with van der Waals surface area (Å²) in [7, 11) is -5.21. The summed E-state index contributed by atoms with van der Waals surface area (Å²) in [4.78, 5) is 17.7. The molecule has 8 nitrogen and oxygen atoms in total. The fraction of sp³-hybridized carbons (Fsp3) is 0.281. The van der Waals surface area contributed by atoms with Gasteiger partial charge in [-0.2, -0.15) is 8.42 Å². The van der Waals surface area contributed by atoms with Gasteiger partial charge in [0.2, 0.25) is 0 Å². The van der Waals surface area contributed by atoms with Crippen molar-refractivity contribution >= 4 is 43.3 Å². The SMILES string of the molecule is C#Cc1ccc2c(c1)[nH]c1c2c(=O)c2cc(OCCCC)c(-c3cccc(OS(=O)(=O)F)c3)cc2n1C1CCNCC1. The number of fused-ring (bicyclic) bond motifs is 4. The number of pyridine rings is 1. The van der Waals surface area contributed by atoms with Crippen LogP contribution in [0.5, 0.6) is 11.5 Å². The number of terminal acetylenes is 1. The van der Waals surface area contributed by atoms with Crippen molar-refractivity contribution in [3.8, 4) is 35.0 Å². The van der Waals surface area contributed by atoms with Crippen LogP contribution in [0.3, 0.4) is 0 Å². The highest BCUT2D eigenvalue weighted by Crippen LogP contribution is 2.39. The smallest absolute Gasteiger partial charge is 0.488 e. The number of H-pyrrole nitrogens is 1. The summed E-state index contributed by atoms with van der Waals surface area (Å²) >= 11 is 0. The topological polar surface area (TPSA) is 102 Å². The Morgan fingerprint density at radius 1 is 1.10 bits per heavy atom. The lowest BCUT2D eigenvalue weighted by Crippen LogP contribution is -2.30. The molecule has 216 valence electrons. The van der Waals surface area contributed by atoms with Crippen LogP contribution in [-0.2, 0) is 10.5 Å². The Morgan fingerprint density at radius 2 is 1.90 bits per heavy atom. The molecule has 10 heteroatoms. The molecule has 0 saturated carbocycles. The van der Waals surface area contributed by atoms with E-state index in [2.05, 4.69) is 31.9 Å². The average Bonchev–Trinajstić information content (AvgIpc) is 3.35. The van der Waals surface area contributed by atoms with Gasteiger partial charge in [0.05, 0.1) is 22.9 Å². The van der Waals surface area contributed by atoms with Crippen molar-refractivity contribution in [3.63, 3.8) is 0 Å². The van der Waals surface area contributed by atoms with Gasteiger partial charge in [0.1, 0.15) is 17.1 Å². The summed E-state index contributed by atoms with van der Waals surface area (Å²) < 4.78 is 48.7. The Hall–Kier alpha value is -4.33. The zero-order valence-electron chi connectivity index (χ0n) is 23.1. The first-order chi connectivity index (χ1) is 20.3. The third kappa shape index (κ3) is 5.22. The van der Waals surface area contributed by atoms with E-state index < -0.39 is 10.5 Å². The lowest BCUT2D eigenvalue weighted by Gasteiger charge is -2.28. The molecular weight excluding hydrogens is 557 g/mol. The molecule has 1 aliphatic rings. The number of ether oxygens (including phenoxy) is 1. The van der Waals surface area contributed by atoms with E-state index in [1.54, 1.807) is 18.2 Å². The van der Waals surface area contributed by atoms with Crippen molar-refractivity contribution in [3.05, 3.63) is 70.4 Å². The van der Waals surface area contributed by atoms with Crippen molar-refractivity contribution < 1.29 is 21.2 Å². The normalized spacial score (nSPS) is 14.4. The second-order valence-corrected chi connectivity index (χ2v) is 11.5. The molecule has 1 saturated heterocycles. The molecule has 5 aromatic rings. The summed E-state index contributed by atoms with van der Waals surface area (Å²) in [6, 6.07) is 15.5. The Kier molecular flexibility index (Phi) is 7.39. The maximum absolute atomic E-state index is 14.2. The summed E-state index contributed by atoms with van der Waals surface area (Å²) in [5.74, 6) is 2.97. The molecule has 2 aromatic heterocycles. The fourth-order valence-electron chi connectivity index (χ4n) is 5.83. The highest BCUT2D eigenvalue weighted by molar-refractivity contribution is 7.81. The van der Waals surface area contributed by atoms with E-state index in [0.29, 0.717) is 45.3 Å². The molecule has 6 rings (SSSR count). The Bertz CT molecular complexity index is 2040. The van der Waals surface area contributed by atoms with E-state index in [1.165, 1.54) is 12.1 Å². The second kappa shape index (κ2) is 11.2. The highest BCUT2D eigenvalue weighted by atomic mass is 32.3. The van der Waals surface area contributed by atoms with Crippen LogP contribution in [0.25, 0.3) is 44.0 Å². The number of aromatic amines is 1. The predicted molar refractivity (Wildman–Crippen MR) is 163 cm³/mol. The zero-order valence-corrected chi connectivity index (χ0v) is 23.9. The average molecular weight is 588 g/mol. The maximum Gasteiger partial charge on any atom is 0.488 e. The molecule has 0 atom stereocenters. The number of halogens is 1. The van der Waals surface area contributed by atoms with E-state index >= 15 is 0 Å². The van der Waals surface area contributed by atoms with Crippen LogP contribution in [0.15, 0.2) is 59.4 Å². The Labute approximate surface area is 242 Å². The molecule has 42 heavy (non-hydrogen) atoms. The lowest BCUT2D eigenvalue weighted by molar-refractivity contribution is 0.311. The van der Waals surface area contributed by atoms with Gasteiger partial charge in [-0.25, -0.2) is 0 Å². The minimum absolute atomic E-state index is 0.100. The molecule has 0 radical (unpaired) electrons. The van der Waals surface area contributed by atoms with Crippen LogP contribution in [0.4, 0.5) is 3.89 Å². The van der Waals surface area contributed by atoms with Crippen molar-refractivity contribution in [2.45, 2.75) is 38.6 Å². The van der Waals surface area contributed by atoms with Crippen LogP contribution >= 0.6 is 0 Å². The molecule has 0 aliphatic carbocycles. The number of hydrogen-bond donors (Lipinski definition) is 2. The quantitative estimate of drug-likeness (QED) is 0.132. The molecule has 0 spiro atoms. The molecule has 3 heterocycles. The van der Waals surface area contributed by atoms with E-state index in [1.807, 2.05) is 24.3 Å². The number of rotatable bonds is 8. The molecule has 0 bridgehead atoms. The summed E-state index contributed by atoms with van der Waals surface area (Å²) in [6.07, 6.45) is 9.10. The second-order valence-electron chi connectivity index (χ2n) is 10.5. The van der Waals surface area contributed by atoms with Gasteiger partial charge >= 0.3 is 10.5 Å². The Balaban J connectivity index is 1.68. The molecule has 0 amide bonds. The third-order valence-electron chi connectivity index (χ3n) is 7.79. The van der Waals surface area contributed by atoms with Crippen LogP contribution in [-0.4, -0.2) is 37.7 Å². The van der Waals surface area contributed by atoms with E-state index in [4.69, 9.17) is 11.2 Å². The lowest BCUT2D eigenvalue weighted by atomic mass is 9.98. The van der Waals surface area contributed by atoms with E-state index in [0.717, 1.165) is 55.3 Å². The van der Waals surface area contributed by atoms with Gasteiger partial charge in [-0.3, -0.25) is 4.79 Å². The number of piperidine rings is 1. The van der Waals surface area contributed by atoms with Crippen LogP contribution in [0.2, 0.25) is 0 Å². The number of benzene rings is 3. The molecule has 1 fully saturated rings. The third-order valence-corrected chi connectivity index (χ3v) is 8.18. The molecule has 0 unspecified atom stereocenters. The largest absolute Gasteiger partial charge is 0.493 e. The van der Waals surface area contributed by atoms with Gasteiger partial charge < -0.3 is 23.8 Å². The van der Waals surface area contributed by atoms with Gasteiger partial charge in [0.15, 0.2) is 5.43 Å². The first-order valence-corrected chi connectivity index (χ1v) is 15.3. The molecule has 3 aromatic carbocycles. The van der Waals surface area contributed by atoms with Gasteiger partial charge in [0, 0.05) is 28.1 Å². The van der Waals surface area contributed by atoms with E-state index in [-0.39, 0.29) is 17.2 Å². The van der Waals surface area contributed by atoms with E-state index in [9.17, 15) is 17.1 Å². The van der Waals surface area contributed by atoms with Gasteiger partial charge in [0.25, 0.3) is 0 Å². The minimum atomic E-state index is -5.21. The zero-order chi connectivity index (χ0) is 29.4. The first kappa shape index (κ1) is 27.8. The van der Waals surface area contributed by atoms with Crippen molar-refractivity contribution in [1.82, 2.24) is 14.9 Å². The van der Waals surface area contributed by atoms with Crippen LogP contribution in [0.1, 0.15) is 44.2 Å². The summed E-state index contributed by atoms with van der Waals surface area (Å²) in [5.41, 5.74) is 3.99. The maximum atomic E-state index is 14.2. The number of nitrogens with one attached hydrogen (secondary N) is 2. The summed E-state index contributed by atoms with van der Waals surface area (Å²) in [6.45, 7) is 4.16. The summed E-state index contributed by atoms with van der Waals surface area (Å²) in [5, 5.41) is 5.32. The minimum Gasteiger partial charge on any atom is -0.493 e. The molecule has 1 aliphatic heterocycles. The van der Waals surface area contributed by atoms with Crippen LogP contribution in [0, 0.1) is 12.3 Å². The number of aromatic nitrogens is 2. The molecular formula is C32H30FN3O5S.